The van der Waals surface area contributed by atoms with Crippen LogP contribution in [0.15, 0.2) is 40.9 Å². The number of carbonyl (C=O) groups is 1. The molecule has 0 spiro atoms. The number of phenolic OH excluding ortho intramolecular Hbond substituents is 1. The maximum Gasteiger partial charge on any atom is 0.193 e. The van der Waals surface area contributed by atoms with Gasteiger partial charge in [0, 0.05) is 28.1 Å². The zero-order chi connectivity index (χ0) is 21.8. The molecule has 6 nitrogen and oxygen atoms in total. The van der Waals surface area contributed by atoms with Crippen molar-refractivity contribution in [3.05, 3.63) is 57.6 Å². The molecule has 0 radical (unpaired) electrons. The van der Waals surface area contributed by atoms with Crippen molar-refractivity contribution in [3.63, 3.8) is 0 Å². The number of likely N-dealkylation sites (N-methyl/N-ethyl adjacent to an activating group) is 1. The quantitative estimate of drug-likeness (QED) is 0.467. The molecule has 0 bridgehead atoms. The number of aromatic hydroxyl groups is 1. The molecular weight excluding hydrogens is 450 g/mol. The number of aliphatic hydroxyl groups excluding tert-OH is 1. The SMILES string of the molecule is COc1cc(OC)c(C2CCN(C)C2CO)c(O)c1C(=O)/C=C/c1ccccc1Br. The van der Waals surface area contributed by atoms with Crippen LogP contribution in [0.5, 0.6) is 17.2 Å². The van der Waals surface area contributed by atoms with Gasteiger partial charge in [-0.15, -0.1) is 0 Å². The molecule has 0 saturated carbocycles. The topological polar surface area (TPSA) is 79.2 Å². The van der Waals surface area contributed by atoms with Gasteiger partial charge in [-0.1, -0.05) is 34.1 Å². The van der Waals surface area contributed by atoms with Gasteiger partial charge in [-0.25, -0.2) is 0 Å². The highest BCUT2D eigenvalue weighted by molar-refractivity contribution is 9.10. The van der Waals surface area contributed by atoms with Crippen LogP contribution in [0.2, 0.25) is 0 Å². The summed E-state index contributed by atoms with van der Waals surface area (Å²) in [6.07, 6.45) is 3.84. The molecule has 1 aliphatic heterocycles. The second-order valence-electron chi connectivity index (χ2n) is 7.26. The molecule has 1 fully saturated rings. The van der Waals surface area contributed by atoms with Gasteiger partial charge in [-0.3, -0.25) is 4.79 Å². The summed E-state index contributed by atoms with van der Waals surface area (Å²) in [4.78, 5) is 15.1. The van der Waals surface area contributed by atoms with Gasteiger partial charge < -0.3 is 24.6 Å². The highest BCUT2D eigenvalue weighted by atomic mass is 79.9. The number of aliphatic hydroxyl groups is 1. The fourth-order valence-corrected chi connectivity index (χ4v) is 4.45. The number of hydrogen-bond donors (Lipinski definition) is 2. The van der Waals surface area contributed by atoms with Gasteiger partial charge in [-0.2, -0.15) is 0 Å². The second-order valence-corrected chi connectivity index (χ2v) is 8.12. The summed E-state index contributed by atoms with van der Waals surface area (Å²) in [5, 5.41) is 21.0. The Labute approximate surface area is 184 Å². The van der Waals surface area contributed by atoms with E-state index >= 15 is 0 Å². The zero-order valence-corrected chi connectivity index (χ0v) is 18.8. The molecule has 3 rings (SSSR count). The van der Waals surface area contributed by atoms with Gasteiger partial charge in [0.15, 0.2) is 5.78 Å². The lowest BCUT2D eigenvalue weighted by Gasteiger charge is -2.26. The summed E-state index contributed by atoms with van der Waals surface area (Å²) in [7, 11) is 4.89. The molecule has 2 unspecified atom stereocenters. The monoisotopic (exact) mass is 475 g/mol. The number of hydrogen-bond acceptors (Lipinski definition) is 6. The molecule has 0 amide bonds. The minimum atomic E-state index is -0.379. The third kappa shape index (κ3) is 4.24. The summed E-state index contributed by atoms with van der Waals surface area (Å²) in [6.45, 7) is 0.719. The average molecular weight is 476 g/mol. The van der Waals surface area contributed by atoms with E-state index in [1.54, 1.807) is 12.1 Å². The Hall–Kier alpha value is -2.35. The highest BCUT2D eigenvalue weighted by Crippen LogP contribution is 2.47. The van der Waals surface area contributed by atoms with Crippen LogP contribution in [0.3, 0.4) is 0 Å². The summed E-state index contributed by atoms with van der Waals surface area (Å²) >= 11 is 3.46. The number of benzene rings is 2. The number of carbonyl (C=O) groups excluding carboxylic acids is 1. The van der Waals surface area contributed by atoms with Crippen LogP contribution >= 0.6 is 15.9 Å². The number of allylic oxidation sites excluding steroid dienone is 1. The summed E-state index contributed by atoms with van der Waals surface area (Å²) in [5.41, 5.74) is 1.46. The molecule has 2 N–H and O–H groups in total. The molecular formula is C23H26BrNO5. The second kappa shape index (κ2) is 9.64. The van der Waals surface area contributed by atoms with Crippen molar-refractivity contribution < 1.29 is 24.5 Å². The number of halogens is 1. The minimum absolute atomic E-state index is 0.0546. The summed E-state index contributed by atoms with van der Waals surface area (Å²) < 4.78 is 11.8. The molecule has 30 heavy (non-hydrogen) atoms. The maximum atomic E-state index is 13.1. The Morgan fingerprint density at radius 1 is 1.27 bits per heavy atom. The minimum Gasteiger partial charge on any atom is -0.507 e. The van der Waals surface area contributed by atoms with Gasteiger partial charge in [0.2, 0.25) is 0 Å². The van der Waals surface area contributed by atoms with Crippen molar-refractivity contribution in [2.75, 3.05) is 34.4 Å². The molecule has 7 heteroatoms. The van der Waals surface area contributed by atoms with Gasteiger partial charge in [0.1, 0.15) is 22.8 Å². The number of nitrogens with zero attached hydrogens (tertiary/aromatic N) is 1. The van der Waals surface area contributed by atoms with E-state index in [0.29, 0.717) is 11.3 Å². The normalized spacial score (nSPS) is 19.4. The van der Waals surface area contributed by atoms with Crippen LogP contribution in [0.1, 0.15) is 33.8 Å². The summed E-state index contributed by atoms with van der Waals surface area (Å²) in [5.74, 6) is -0.0292. The fraction of sp³-hybridized carbons (Fsp3) is 0.348. The molecule has 0 aromatic heterocycles. The van der Waals surface area contributed by atoms with Gasteiger partial charge in [-0.05, 0) is 43.8 Å². The number of rotatable bonds is 7. The third-order valence-electron chi connectivity index (χ3n) is 5.65. The van der Waals surface area contributed by atoms with Crippen molar-refractivity contribution in [3.8, 4) is 17.2 Å². The van der Waals surface area contributed by atoms with Crippen molar-refractivity contribution in [1.82, 2.24) is 4.90 Å². The first kappa shape index (κ1) is 22.3. The molecule has 2 atom stereocenters. The Balaban J connectivity index is 2.08. The van der Waals surface area contributed by atoms with Crippen LogP contribution in [-0.2, 0) is 0 Å². The van der Waals surface area contributed by atoms with Crippen LogP contribution in [-0.4, -0.2) is 61.4 Å². The Morgan fingerprint density at radius 2 is 1.97 bits per heavy atom. The molecule has 160 valence electrons. The Bertz CT molecular complexity index is 959. The van der Waals surface area contributed by atoms with E-state index in [-0.39, 0.29) is 41.4 Å². The Morgan fingerprint density at radius 3 is 2.60 bits per heavy atom. The van der Waals surface area contributed by atoms with Gasteiger partial charge in [0.05, 0.1) is 20.8 Å². The standard InChI is InChI=1S/C23H26BrNO5/c1-25-11-10-15(17(25)13-26)21-19(29-2)12-20(30-3)22(23(21)28)18(27)9-8-14-6-4-5-7-16(14)24/h4-9,12,15,17,26,28H,10-11,13H2,1-3H3/b9-8+. The molecule has 2 aromatic carbocycles. The van der Waals surface area contributed by atoms with E-state index in [4.69, 9.17) is 9.47 Å². The highest BCUT2D eigenvalue weighted by Gasteiger charge is 2.37. The van der Waals surface area contributed by atoms with Crippen LogP contribution in [0.25, 0.3) is 6.08 Å². The number of phenols is 1. The maximum absolute atomic E-state index is 13.1. The van der Waals surface area contributed by atoms with E-state index in [2.05, 4.69) is 15.9 Å². The number of ketones is 1. The van der Waals surface area contributed by atoms with Crippen molar-refractivity contribution in [2.45, 2.75) is 18.4 Å². The van der Waals surface area contributed by atoms with E-state index in [0.717, 1.165) is 23.0 Å². The largest absolute Gasteiger partial charge is 0.507 e. The molecule has 1 saturated heterocycles. The number of ether oxygens (including phenoxy) is 2. The molecule has 1 heterocycles. The first-order valence-corrected chi connectivity index (χ1v) is 10.5. The van der Waals surface area contributed by atoms with E-state index < -0.39 is 0 Å². The predicted octanol–water partition coefficient (Wildman–Crippen LogP) is 3.85. The first-order chi connectivity index (χ1) is 14.4. The van der Waals surface area contributed by atoms with Gasteiger partial charge >= 0.3 is 0 Å². The van der Waals surface area contributed by atoms with Crippen molar-refractivity contribution in [2.24, 2.45) is 0 Å². The zero-order valence-electron chi connectivity index (χ0n) is 17.3. The van der Waals surface area contributed by atoms with Crippen molar-refractivity contribution in [1.29, 1.82) is 0 Å². The Kier molecular flexibility index (Phi) is 7.18. The van der Waals surface area contributed by atoms with Crippen LogP contribution in [0.4, 0.5) is 0 Å². The van der Waals surface area contributed by atoms with Crippen molar-refractivity contribution >= 4 is 27.8 Å². The fourth-order valence-electron chi connectivity index (χ4n) is 4.03. The summed E-state index contributed by atoms with van der Waals surface area (Å²) in [6, 6.07) is 9.00. The smallest absolute Gasteiger partial charge is 0.193 e. The van der Waals surface area contributed by atoms with Crippen LogP contribution < -0.4 is 9.47 Å². The lowest BCUT2D eigenvalue weighted by Crippen LogP contribution is -2.32. The van der Waals surface area contributed by atoms with E-state index in [9.17, 15) is 15.0 Å². The average Bonchev–Trinajstić information content (AvgIpc) is 3.11. The van der Waals surface area contributed by atoms with E-state index in [1.165, 1.54) is 20.3 Å². The number of likely N-dealkylation sites (tertiary alicyclic amines) is 1. The molecule has 2 aromatic rings. The predicted molar refractivity (Wildman–Crippen MR) is 120 cm³/mol. The molecule has 1 aliphatic rings. The van der Waals surface area contributed by atoms with E-state index in [1.807, 2.05) is 36.2 Å². The lowest BCUT2D eigenvalue weighted by atomic mass is 9.87. The van der Waals surface area contributed by atoms with Crippen LogP contribution in [0, 0.1) is 0 Å². The first-order valence-electron chi connectivity index (χ1n) is 9.68. The third-order valence-corrected chi connectivity index (χ3v) is 6.38. The number of methoxy groups -OCH3 is 2. The lowest BCUT2D eigenvalue weighted by molar-refractivity contribution is 0.104. The van der Waals surface area contributed by atoms with Gasteiger partial charge in [0.25, 0.3) is 0 Å². The molecule has 0 aliphatic carbocycles.